The molecule has 3 rings (SSSR count). The topological polar surface area (TPSA) is 46.9 Å². The Morgan fingerprint density at radius 1 is 1.33 bits per heavy atom. The highest BCUT2D eigenvalue weighted by atomic mass is 79.9. The highest BCUT2D eigenvalue weighted by Crippen LogP contribution is 2.30. The lowest BCUT2D eigenvalue weighted by atomic mass is 10.2. The smallest absolute Gasteiger partial charge is 0.283 e. The number of nitrogens with one attached hydrogen (secondary N) is 1. The van der Waals surface area contributed by atoms with Crippen LogP contribution in [-0.4, -0.2) is 15.8 Å². The van der Waals surface area contributed by atoms with Crippen LogP contribution in [0.15, 0.2) is 15.5 Å². The number of nitrogens with zero attached hydrogens (tertiary/aromatic N) is 2. The summed E-state index contributed by atoms with van der Waals surface area (Å²) in [6.45, 7) is 0.765. The van der Waals surface area contributed by atoms with Crippen molar-refractivity contribution in [3.63, 3.8) is 0 Å². The second kappa shape index (κ2) is 5.03. The third kappa shape index (κ3) is 2.60. The fourth-order valence-electron chi connectivity index (χ4n) is 2.53. The van der Waals surface area contributed by atoms with Crippen LogP contribution in [0.3, 0.4) is 0 Å². The molecule has 2 fully saturated rings. The van der Waals surface area contributed by atoms with Gasteiger partial charge in [-0.2, -0.15) is 5.10 Å². The van der Waals surface area contributed by atoms with Gasteiger partial charge in [-0.25, -0.2) is 4.68 Å². The first-order chi connectivity index (χ1) is 8.74. The summed E-state index contributed by atoms with van der Waals surface area (Å²) in [4.78, 5) is 12.1. The summed E-state index contributed by atoms with van der Waals surface area (Å²) in [6, 6.07) is 0.502. The molecule has 1 heterocycles. The highest BCUT2D eigenvalue weighted by molar-refractivity contribution is 9.10. The second-order valence-electron chi connectivity index (χ2n) is 5.43. The van der Waals surface area contributed by atoms with Gasteiger partial charge in [0, 0.05) is 12.6 Å². The van der Waals surface area contributed by atoms with Crippen molar-refractivity contribution in [3.05, 3.63) is 21.0 Å². The van der Waals surface area contributed by atoms with Crippen molar-refractivity contribution in [2.75, 3.05) is 5.32 Å². The minimum Gasteiger partial charge on any atom is -0.380 e. The van der Waals surface area contributed by atoms with Crippen LogP contribution in [-0.2, 0) is 6.54 Å². The first kappa shape index (κ1) is 12.2. The van der Waals surface area contributed by atoms with E-state index in [9.17, 15) is 4.79 Å². The third-order valence-corrected chi connectivity index (χ3v) is 4.59. The maximum absolute atomic E-state index is 12.1. The Labute approximate surface area is 115 Å². The number of hydrogen-bond acceptors (Lipinski definition) is 3. The van der Waals surface area contributed by atoms with Crippen LogP contribution in [0.4, 0.5) is 5.69 Å². The first-order valence-electron chi connectivity index (χ1n) is 6.76. The van der Waals surface area contributed by atoms with Gasteiger partial charge >= 0.3 is 0 Å². The van der Waals surface area contributed by atoms with Crippen LogP contribution < -0.4 is 10.9 Å². The molecule has 4 nitrogen and oxygen atoms in total. The first-order valence-corrected chi connectivity index (χ1v) is 7.55. The van der Waals surface area contributed by atoms with Gasteiger partial charge in [0.15, 0.2) is 0 Å². The summed E-state index contributed by atoms with van der Waals surface area (Å²) in [5, 5.41) is 7.70. The van der Waals surface area contributed by atoms with Gasteiger partial charge in [0.05, 0.1) is 11.9 Å². The largest absolute Gasteiger partial charge is 0.380 e. The molecule has 18 heavy (non-hydrogen) atoms. The number of rotatable bonds is 4. The Morgan fingerprint density at radius 2 is 2.06 bits per heavy atom. The minimum atomic E-state index is -0.00935. The van der Waals surface area contributed by atoms with E-state index in [0.717, 1.165) is 12.2 Å². The number of hydrogen-bond donors (Lipinski definition) is 1. The molecule has 2 aliphatic rings. The molecule has 0 atom stereocenters. The molecule has 0 unspecified atom stereocenters. The monoisotopic (exact) mass is 311 g/mol. The summed E-state index contributed by atoms with van der Waals surface area (Å²) >= 11 is 3.41. The number of halogens is 1. The zero-order valence-electron chi connectivity index (χ0n) is 10.4. The van der Waals surface area contributed by atoms with E-state index in [1.165, 1.54) is 38.5 Å². The molecule has 0 amide bonds. The lowest BCUT2D eigenvalue weighted by molar-refractivity contribution is 0.531. The Morgan fingerprint density at radius 3 is 2.72 bits per heavy atom. The van der Waals surface area contributed by atoms with Crippen LogP contribution in [0.5, 0.6) is 0 Å². The maximum Gasteiger partial charge on any atom is 0.283 e. The summed E-state index contributed by atoms with van der Waals surface area (Å²) in [6.07, 6.45) is 9.19. The Bertz CT molecular complexity index is 489. The predicted octanol–water partition coefficient (Wildman–Crippen LogP) is 2.77. The molecule has 1 aromatic rings. The number of aromatic nitrogens is 2. The molecule has 0 spiro atoms. The molecular weight excluding hydrogens is 294 g/mol. The van der Waals surface area contributed by atoms with Crippen molar-refractivity contribution in [2.24, 2.45) is 5.92 Å². The highest BCUT2D eigenvalue weighted by Gasteiger charge is 2.24. The van der Waals surface area contributed by atoms with Crippen molar-refractivity contribution in [2.45, 2.75) is 51.1 Å². The van der Waals surface area contributed by atoms with Crippen LogP contribution in [0.25, 0.3) is 0 Å². The Kier molecular flexibility index (Phi) is 3.41. The van der Waals surface area contributed by atoms with Gasteiger partial charge in [-0.3, -0.25) is 4.79 Å². The van der Waals surface area contributed by atoms with Crippen molar-refractivity contribution in [3.8, 4) is 0 Å². The fourth-order valence-corrected chi connectivity index (χ4v) is 2.95. The molecule has 0 radical (unpaired) electrons. The second-order valence-corrected chi connectivity index (χ2v) is 6.22. The third-order valence-electron chi connectivity index (χ3n) is 3.83. The van der Waals surface area contributed by atoms with E-state index >= 15 is 0 Å². The fraction of sp³-hybridized carbons (Fsp3) is 0.692. The summed E-state index contributed by atoms with van der Waals surface area (Å²) in [5.41, 5.74) is 0.837. The molecule has 0 aliphatic heterocycles. The van der Waals surface area contributed by atoms with Crippen LogP contribution >= 0.6 is 15.9 Å². The van der Waals surface area contributed by atoms with E-state index < -0.39 is 0 Å². The van der Waals surface area contributed by atoms with Crippen LogP contribution in [0, 0.1) is 5.92 Å². The molecule has 0 bridgehead atoms. The molecule has 1 aromatic heterocycles. The van der Waals surface area contributed by atoms with E-state index in [1.807, 2.05) is 0 Å². The van der Waals surface area contributed by atoms with Crippen molar-refractivity contribution in [1.82, 2.24) is 9.78 Å². The zero-order chi connectivity index (χ0) is 12.5. The summed E-state index contributed by atoms with van der Waals surface area (Å²) < 4.78 is 2.21. The Balaban J connectivity index is 1.77. The van der Waals surface area contributed by atoms with Crippen molar-refractivity contribution in [1.29, 1.82) is 0 Å². The van der Waals surface area contributed by atoms with E-state index in [-0.39, 0.29) is 5.56 Å². The molecule has 1 N–H and O–H groups in total. The minimum absolute atomic E-state index is 0.00935. The van der Waals surface area contributed by atoms with E-state index in [0.29, 0.717) is 16.4 Å². The quantitative estimate of drug-likeness (QED) is 0.930. The molecule has 2 saturated carbocycles. The molecule has 5 heteroatoms. The standard InChI is InChI=1S/C13H18BrN3O/c14-12-11(16-10-3-1-2-4-10)7-15-17(13(12)18)8-9-5-6-9/h7,9-10,16H,1-6,8H2. The van der Waals surface area contributed by atoms with E-state index in [1.54, 1.807) is 10.9 Å². The number of anilines is 1. The van der Waals surface area contributed by atoms with Crippen LogP contribution in [0.1, 0.15) is 38.5 Å². The molecular formula is C13H18BrN3O. The van der Waals surface area contributed by atoms with Gasteiger partial charge in [0.2, 0.25) is 0 Å². The average Bonchev–Trinajstić information content (AvgIpc) is 3.03. The lowest BCUT2D eigenvalue weighted by Crippen LogP contribution is -2.26. The SMILES string of the molecule is O=c1c(Br)c(NC2CCCC2)cnn1CC1CC1. The zero-order valence-corrected chi connectivity index (χ0v) is 11.9. The van der Waals surface area contributed by atoms with Gasteiger partial charge < -0.3 is 5.32 Å². The van der Waals surface area contributed by atoms with Crippen LogP contribution in [0.2, 0.25) is 0 Å². The molecule has 0 aromatic carbocycles. The van der Waals surface area contributed by atoms with Gasteiger partial charge in [0.25, 0.3) is 5.56 Å². The molecule has 98 valence electrons. The Hall–Kier alpha value is -0.840. The van der Waals surface area contributed by atoms with Gasteiger partial charge in [-0.05, 0) is 47.5 Å². The van der Waals surface area contributed by atoms with E-state index in [4.69, 9.17) is 0 Å². The predicted molar refractivity (Wildman–Crippen MR) is 74.8 cm³/mol. The van der Waals surface area contributed by atoms with Gasteiger partial charge in [0.1, 0.15) is 4.47 Å². The van der Waals surface area contributed by atoms with Gasteiger partial charge in [-0.15, -0.1) is 0 Å². The maximum atomic E-state index is 12.1. The average molecular weight is 312 g/mol. The summed E-state index contributed by atoms with van der Waals surface area (Å²) in [5.74, 6) is 0.663. The van der Waals surface area contributed by atoms with E-state index in [2.05, 4.69) is 26.3 Å². The lowest BCUT2D eigenvalue weighted by Gasteiger charge is -2.15. The molecule has 0 saturated heterocycles. The molecule has 2 aliphatic carbocycles. The van der Waals surface area contributed by atoms with Gasteiger partial charge in [-0.1, -0.05) is 12.8 Å². The summed E-state index contributed by atoms with van der Waals surface area (Å²) in [7, 11) is 0. The van der Waals surface area contributed by atoms with Crippen molar-refractivity contribution >= 4 is 21.6 Å². The normalized spacial score (nSPS) is 20.3. The van der Waals surface area contributed by atoms with Crippen molar-refractivity contribution < 1.29 is 0 Å².